The Morgan fingerprint density at radius 1 is 1.23 bits per heavy atom. The van der Waals surface area contributed by atoms with E-state index in [2.05, 4.69) is 15.8 Å². The molecule has 8 heteroatoms. The van der Waals surface area contributed by atoms with Crippen molar-refractivity contribution >= 4 is 29.6 Å². The van der Waals surface area contributed by atoms with E-state index in [1.165, 1.54) is 12.3 Å². The molecule has 7 nitrogen and oxygen atoms in total. The lowest BCUT2D eigenvalue weighted by Crippen LogP contribution is -2.37. The van der Waals surface area contributed by atoms with Crippen LogP contribution in [0.3, 0.4) is 0 Å². The SMILES string of the molecule is Cc1cc(Cl)ccc1OCC(=O)NCC(=O)N/N=C\c1ccccc1O. The van der Waals surface area contributed by atoms with Gasteiger partial charge in [-0.05, 0) is 42.8 Å². The number of carbonyl (C=O) groups is 2. The number of nitrogens with zero attached hydrogens (tertiary/aromatic N) is 1. The first kappa shape index (κ1) is 19.3. The average molecular weight is 376 g/mol. The largest absolute Gasteiger partial charge is 0.507 e. The summed E-state index contributed by atoms with van der Waals surface area (Å²) in [5.74, 6) is -0.360. The van der Waals surface area contributed by atoms with Crippen LogP contribution in [-0.2, 0) is 9.59 Å². The summed E-state index contributed by atoms with van der Waals surface area (Å²) in [7, 11) is 0. The summed E-state index contributed by atoms with van der Waals surface area (Å²) in [6.07, 6.45) is 1.31. The first-order valence-electron chi connectivity index (χ1n) is 7.71. The minimum absolute atomic E-state index is 0.0495. The monoisotopic (exact) mass is 375 g/mol. The van der Waals surface area contributed by atoms with Crippen molar-refractivity contribution in [1.29, 1.82) is 0 Å². The second kappa shape index (κ2) is 9.43. The van der Waals surface area contributed by atoms with Crippen molar-refractivity contribution in [2.75, 3.05) is 13.2 Å². The summed E-state index contributed by atoms with van der Waals surface area (Å²) in [5.41, 5.74) is 3.52. The van der Waals surface area contributed by atoms with E-state index >= 15 is 0 Å². The Morgan fingerprint density at radius 2 is 2.00 bits per heavy atom. The zero-order valence-electron chi connectivity index (χ0n) is 14.0. The lowest BCUT2D eigenvalue weighted by atomic mass is 10.2. The van der Waals surface area contributed by atoms with Crippen LogP contribution in [0.15, 0.2) is 47.6 Å². The molecule has 0 radical (unpaired) electrons. The molecule has 0 aliphatic heterocycles. The third kappa shape index (κ3) is 6.10. The molecule has 0 bridgehead atoms. The predicted octanol–water partition coefficient (Wildman–Crippen LogP) is 2.00. The fourth-order valence-corrected chi connectivity index (χ4v) is 2.18. The van der Waals surface area contributed by atoms with E-state index in [0.29, 0.717) is 16.3 Å². The quantitative estimate of drug-likeness (QED) is 0.509. The number of hydrazone groups is 1. The molecule has 0 fully saturated rings. The number of aromatic hydroxyl groups is 1. The maximum atomic E-state index is 11.7. The van der Waals surface area contributed by atoms with Gasteiger partial charge in [0.1, 0.15) is 11.5 Å². The van der Waals surface area contributed by atoms with Crippen molar-refractivity contribution in [1.82, 2.24) is 10.7 Å². The lowest BCUT2D eigenvalue weighted by molar-refractivity contribution is -0.127. The molecule has 0 spiro atoms. The molecule has 0 aliphatic rings. The van der Waals surface area contributed by atoms with Crippen LogP contribution < -0.4 is 15.5 Å². The van der Waals surface area contributed by atoms with Gasteiger partial charge in [0, 0.05) is 10.6 Å². The summed E-state index contributed by atoms with van der Waals surface area (Å²) >= 11 is 5.85. The van der Waals surface area contributed by atoms with E-state index in [9.17, 15) is 14.7 Å². The number of halogens is 1. The van der Waals surface area contributed by atoms with Crippen LogP contribution in [-0.4, -0.2) is 36.3 Å². The molecule has 2 rings (SSSR count). The summed E-state index contributed by atoms with van der Waals surface area (Å²) in [5, 5.41) is 16.3. The van der Waals surface area contributed by atoms with Crippen LogP contribution >= 0.6 is 11.6 Å². The van der Waals surface area contributed by atoms with Crippen LogP contribution in [0.2, 0.25) is 5.02 Å². The number of carbonyl (C=O) groups excluding carboxylic acids is 2. The van der Waals surface area contributed by atoms with E-state index in [1.54, 1.807) is 36.4 Å². The van der Waals surface area contributed by atoms with Crippen LogP contribution in [0.25, 0.3) is 0 Å². The number of rotatable bonds is 7. The Kier molecular flexibility index (Phi) is 6.99. The maximum absolute atomic E-state index is 11.7. The van der Waals surface area contributed by atoms with Gasteiger partial charge in [-0.2, -0.15) is 5.10 Å². The highest BCUT2D eigenvalue weighted by molar-refractivity contribution is 6.30. The second-order valence-corrected chi connectivity index (χ2v) is 5.76. The number of ether oxygens (including phenoxy) is 1. The van der Waals surface area contributed by atoms with Gasteiger partial charge < -0.3 is 15.2 Å². The van der Waals surface area contributed by atoms with Gasteiger partial charge in [-0.25, -0.2) is 5.43 Å². The molecular weight excluding hydrogens is 358 g/mol. The van der Waals surface area contributed by atoms with Gasteiger partial charge in [0.05, 0.1) is 12.8 Å². The Hall–Kier alpha value is -3.06. The molecule has 26 heavy (non-hydrogen) atoms. The minimum atomic E-state index is -0.507. The van der Waals surface area contributed by atoms with Gasteiger partial charge in [0.2, 0.25) is 0 Å². The Bertz CT molecular complexity index is 824. The van der Waals surface area contributed by atoms with Gasteiger partial charge in [0.15, 0.2) is 6.61 Å². The molecule has 0 saturated carbocycles. The highest BCUT2D eigenvalue weighted by Crippen LogP contribution is 2.21. The first-order valence-corrected chi connectivity index (χ1v) is 8.09. The van der Waals surface area contributed by atoms with Crippen LogP contribution in [0, 0.1) is 6.92 Å². The molecule has 136 valence electrons. The molecule has 2 amide bonds. The predicted molar refractivity (Wildman–Crippen MR) is 98.5 cm³/mol. The zero-order valence-corrected chi connectivity index (χ0v) is 14.8. The molecule has 0 aromatic heterocycles. The molecule has 3 N–H and O–H groups in total. The molecule has 0 unspecified atom stereocenters. The summed E-state index contributed by atoms with van der Waals surface area (Å²) in [4.78, 5) is 23.4. The number of para-hydroxylation sites is 1. The van der Waals surface area contributed by atoms with Gasteiger partial charge >= 0.3 is 0 Å². The number of nitrogens with one attached hydrogen (secondary N) is 2. The van der Waals surface area contributed by atoms with Crippen LogP contribution in [0.1, 0.15) is 11.1 Å². The number of hydrogen-bond donors (Lipinski definition) is 3. The van der Waals surface area contributed by atoms with Crippen molar-refractivity contribution in [2.45, 2.75) is 6.92 Å². The maximum Gasteiger partial charge on any atom is 0.259 e. The molecule has 0 atom stereocenters. The van der Waals surface area contributed by atoms with Crippen molar-refractivity contribution in [3.05, 3.63) is 58.6 Å². The smallest absolute Gasteiger partial charge is 0.259 e. The number of amides is 2. The number of aryl methyl sites for hydroxylation is 1. The fraction of sp³-hybridized carbons (Fsp3) is 0.167. The Labute approximate surface area is 155 Å². The van der Waals surface area contributed by atoms with Gasteiger partial charge in [0.25, 0.3) is 11.8 Å². The van der Waals surface area contributed by atoms with E-state index in [-0.39, 0.29) is 18.9 Å². The summed E-state index contributed by atoms with van der Waals surface area (Å²) in [6.45, 7) is 1.34. The van der Waals surface area contributed by atoms with Crippen LogP contribution in [0.4, 0.5) is 0 Å². The first-order chi connectivity index (χ1) is 12.5. The molecule has 0 heterocycles. The topological polar surface area (TPSA) is 100 Å². The summed E-state index contributed by atoms with van der Waals surface area (Å²) in [6, 6.07) is 11.6. The third-order valence-electron chi connectivity index (χ3n) is 3.27. The normalized spacial score (nSPS) is 10.5. The molecular formula is C18H18ClN3O4. The second-order valence-electron chi connectivity index (χ2n) is 5.33. The van der Waals surface area contributed by atoms with E-state index < -0.39 is 11.8 Å². The third-order valence-corrected chi connectivity index (χ3v) is 3.51. The minimum Gasteiger partial charge on any atom is -0.507 e. The highest BCUT2D eigenvalue weighted by Gasteiger charge is 2.07. The van der Waals surface area contributed by atoms with Crippen molar-refractivity contribution in [3.8, 4) is 11.5 Å². The van der Waals surface area contributed by atoms with E-state index in [1.807, 2.05) is 6.92 Å². The number of hydrogen-bond acceptors (Lipinski definition) is 5. The Morgan fingerprint density at radius 3 is 2.73 bits per heavy atom. The molecule has 0 aliphatic carbocycles. The van der Waals surface area contributed by atoms with E-state index in [0.717, 1.165) is 5.56 Å². The zero-order chi connectivity index (χ0) is 18.9. The van der Waals surface area contributed by atoms with Gasteiger partial charge in [-0.3, -0.25) is 9.59 Å². The standard InChI is InChI=1S/C18H18ClN3O4/c1-12-8-14(19)6-7-16(12)26-11-18(25)20-10-17(24)22-21-9-13-4-2-3-5-15(13)23/h2-9,23H,10-11H2,1H3,(H,20,25)(H,22,24)/b21-9-. The summed E-state index contributed by atoms with van der Waals surface area (Å²) < 4.78 is 5.38. The Balaban J connectivity index is 1.71. The van der Waals surface area contributed by atoms with Gasteiger partial charge in [-0.1, -0.05) is 23.7 Å². The fourth-order valence-electron chi connectivity index (χ4n) is 1.96. The van der Waals surface area contributed by atoms with Crippen molar-refractivity contribution in [3.63, 3.8) is 0 Å². The lowest BCUT2D eigenvalue weighted by Gasteiger charge is -2.09. The molecule has 2 aromatic rings. The highest BCUT2D eigenvalue weighted by atomic mass is 35.5. The van der Waals surface area contributed by atoms with E-state index in [4.69, 9.17) is 16.3 Å². The number of phenols is 1. The van der Waals surface area contributed by atoms with Crippen molar-refractivity contribution < 1.29 is 19.4 Å². The number of benzene rings is 2. The number of phenolic OH excluding ortho intramolecular Hbond substituents is 1. The van der Waals surface area contributed by atoms with Gasteiger partial charge in [-0.15, -0.1) is 0 Å². The van der Waals surface area contributed by atoms with Crippen LogP contribution in [0.5, 0.6) is 11.5 Å². The van der Waals surface area contributed by atoms with Crippen molar-refractivity contribution in [2.24, 2.45) is 5.10 Å². The molecule has 2 aromatic carbocycles. The molecule has 0 saturated heterocycles. The average Bonchev–Trinajstić information content (AvgIpc) is 2.61.